The van der Waals surface area contributed by atoms with E-state index >= 15 is 0 Å². The summed E-state index contributed by atoms with van der Waals surface area (Å²) in [4.78, 5) is 17.2. The Balaban J connectivity index is 1.49. The second-order valence-corrected chi connectivity index (χ2v) is 6.96. The predicted molar refractivity (Wildman–Crippen MR) is 99.4 cm³/mol. The highest BCUT2D eigenvalue weighted by Crippen LogP contribution is 2.30. The molecular weight excluding hydrogens is 347 g/mol. The van der Waals surface area contributed by atoms with Crippen LogP contribution < -0.4 is 4.74 Å². The number of fused-ring (bicyclic) bond motifs is 1. The van der Waals surface area contributed by atoms with Gasteiger partial charge in [-0.15, -0.1) is 0 Å². The summed E-state index contributed by atoms with van der Waals surface area (Å²) in [5.74, 6) is -0.482. The van der Waals surface area contributed by atoms with Crippen molar-refractivity contribution in [1.82, 2.24) is 9.80 Å². The van der Waals surface area contributed by atoms with Gasteiger partial charge >= 0.3 is 0 Å². The third kappa shape index (κ3) is 3.55. The summed E-state index contributed by atoms with van der Waals surface area (Å²) < 4.78 is 24.5. The standard InChI is InChI=1S/C21H23FN2O3/c1-26-20-11-16(7-8-18(20)22)21(25)23-9-10-24-17(12-23)13-27-14-19(24)15-5-3-2-4-6-15/h2-8,11,17,19H,9-10,12-14H2,1H3/t17-,19-/m1/s1. The zero-order chi connectivity index (χ0) is 18.8. The van der Waals surface area contributed by atoms with Gasteiger partial charge in [0.2, 0.25) is 0 Å². The molecule has 2 heterocycles. The van der Waals surface area contributed by atoms with E-state index in [1.54, 1.807) is 0 Å². The molecule has 2 atom stereocenters. The predicted octanol–water partition coefficient (Wildman–Crippen LogP) is 2.73. The van der Waals surface area contributed by atoms with Crippen molar-refractivity contribution in [2.75, 3.05) is 40.0 Å². The van der Waals surface area contributed by atoms with Crippen molar-refractivity contribution in [2.24, 2.45) is 0 Å². The molecule has 6 heteroatoms. The van der Waals surface area contributed by atoms with Gasteiger partial charge in [0.25, 0.3) is 5.91 Å². The first-order valence-corrected chi connectivity index (χ1v) is 9.18. The number of rotatable bonds is 3. The molecule has 4 rings (SSSR count). The molecule has 142 valence electrons. The molecule has 0 N–H and O–H groups in total. The van der Waals surface area contributed by atoms with Gasteiger partial charge in [0.05, 0.1) is 32.4 Å². The number of nitrogens with zero attached hydrogens (tertiary/aromatic N) is 2. The maximum absolute atomic E-state index is 13.6. The largest absolute Gasteiger partial charge is 0.494 e. The van der Waals surface area contributed by atoms with Gasteiger partial charge in [-0.3, -0.25) is 9.69 Å². The number of benzene rings is 2. The number of morpholine rings is 1. The van der Waals surface area contributed by atoms with Crippen LogP contribution in [0.2, 0.25) is 0 Å². The van der Waals surface area contributed by atoms with Crippen LogP contribution in [0.5, 0.6) is 5.75 Å². The molecule has 0 bridgehead atoms. The Kier molecular flexibility index (Phi) is 5.09. The van der Waals surface area contributed by atoms with E-state index in [1.165, 1.54) is 30.9 Å². The molecule has 0 spiro atoms. The normalized spacial score (nSPS) is 23.0. The molecule has 2 aliphatic rings. The lowest BCUT2D eigenvalue weighted by molar-refractivity contribution is -0.0770. The van der Waals surface area contributed by atoms with E-state index in [0.717, 1.165) is 6.54 Å². The van der Waals surface area contributed by atoms with Crippen LogP contribution in [0.25, 0.3) is 0 Å². The SMILES string of the molecule is COc1cc(C(=O)N2CCN3[C@@H](COC[C@@H]3c3ccccc3)C2)ccc1F. The van der Waals surface area contributed by atoms with Crippen molar-refractivity contribution in [1.29, 1.82) is 0 Å². The van der Waals surface area contributed by atoms with E-state index in [9.17, 15) is 9.18 Å². The summed E-state index contributed by atoms with van der Waals surface area (Å²) in [5, 5.41) is 0. The molecule has 2 aliphatic heterocycles. The highest BCUT2D eigenvalue weighted by molar-refractivity contribution is 5.94. The average Bonchev–Trinajstić information content (AvgIpc) is 2.73. The maximum Gasteiger partial charge on any atom is 0.254 e. The molecule has 2 aromatic rings. The number of carbonyl (C=O) groups excluding carboxylic acids is 1. The van der Waals surface area contributed by atoms with E-state index in [4.69, 9.17) is 9.47 Å². The molecule has 2 aromatic carbocycles. The molecule has 0 aromatic heterocycles. The summed E-state index contributed by atoms with van der Waals surface area (Å²) in [7, 11) is 1.40. The maximum atomic E-state index is 13.6. The van der Waals surface area contributed by atoms with Crippen LogP contribution in [-0.4, -0.2) is 61.7 Å². The van der Waals surface area contributed by atoms with Gasteiger partial charge in [0, 0.05) is 25.2 Å². The summed E-state index contributed by atoms with van der Waals surface area (Å²) in [6, 6.07) is 15.0. The third-order valence-corrected chi connectivity index (χ3v) is 5.38. The number of ether oxygens (including phenoxy) is 2. The molecular formula is C21H23FN2O3. The van der Waals surface area contributed by atoms with Crippen LogP contribution >= 0.6 is 0 Å². The molecule has 0 aliphatic carbocycles. The van der Waals surface area contributed by atoms with Gasteiger partial charge in [0.1, 0.15) is 0 Å². The first-order valence-electron chi connectivity index (χ1n) is 9.18. The van der Waals surface area contributed by atoms with E-state index in [-0.39, 0.29) is 23.7 Å². The second-order valence-electron chi connectivity index (χ2n) is 6.96. The highest BCUT2D eigenvalue weighted by atomic mass is 19.1. The van der Waals surface area contributed by atoms with Crippen LogP contribution in [0.4, 0.5) is 4.39 Å². The number of halogens is 1. The van der Waals surface area contributed by atoms with Gasteiger partial charge in [-0.05, 0) is 23.8 Å². The van der Waals surface area contributed by atoms with Gasteiger partial charge in [0.15, 0.2) is 11.6 Å². The van der Waals surface area contributed by atoms with Gasteiger partial charge in [-0.2, -0.15) is 0 Å². The molecule has 0 unspecified atom stereocenters. The fourth-order valence-electron chi connectivity index (χ4n) is 3.96. The summed E-state index contributed by atoms with van der Waals surface area (Å²) >= 11 is 0. The lowest BCUT2D eigenvalue weighted by Gasteiger charge is -2.48. The molecule has 1 amide bonds. The fraction of sp³-hybridized carbons (Fsp3) is 0.381. The monoisotopic (exact) mass is 370 g/mol. The number of methoxy groups -OCH3 is 1. The lowest BCUT2D eigenvalue weighted by Crippen LogP contribution is -2.60. The van der Waals surface area contributed by atoms with E-state index < -0.39 is 5.82 Å². The Morgan fingerprint density at radius 2 is 1.96 bits per heavy atom. The minimum atomic E-state index is -0.467. The van der Waals surface area contributed by atoms with E-state index in [0.29, 0.717) is 31.9 Å². The first kappa shape index (κ1) is 17.9. The zero-order valence-electron chi connectivity index (χ0n) is 15.3. The van der Waals surface area contributed by atoms with E-state index in [1.807, 2.05) is 23.1 Å². The van der Waals surface area contributed by atoms with Crippen molar-refractivity contribution in [3.05, 3.63) is 65.5 Å². The lowest BCUT2D eigenvalue weighted by atomic mass is 10.00. The molecule has 27 heavy (non-hydrogen) atoms. The zero-order valence-corrected chi connectivity index (χ0v) is 15.3. The van der Waals surface area contributed by atoms with Crippen LogP contribution in [0, 0.1) is 5.82 Å². The average molecular weight is 370 g/mol. The molecule has 0 saturated carbocycles. The summed E-state index contributed by atoms with van der Waals surface area (Å²) in [6.45, 7) is 3.31. The van der Waals surface area contributed by atoms with Gasteiger partial charge < -0.3 is 14.4 Å². The number of carbonyl (C=O) groups is 1. The van der Waals surface area contributed by atoms with Crippen LogP contribution in [0.15, 0.2) is 48.5 Å². The number of piperazine rings is 1. The number of hydrogen-bond donors (Lipinski definition) is 0. The Morgan fingerprint density at radius 3 is 2.74 bits per heavy atom. The first-order chi connectivity index (χ1) is 13.2. The molecule has 0 radical (unpaired) electrons. The van der Waals surface area contributed by atoms with Crippen molar-refractivity contribution >= 4 is 5.91 Å². The highest BCUT2D eigenvalue weighted by Gasteiger charge is 2.37. The van der Waals surface area contributed by atoms with Crippen LogP contribution in [0.1, 0.15) is 22.0 Å². The second kappa shape index (κ2) is 7.66. The molecule has 5 nitrogen and oxygen atoms in total. The quantitative estimate of drug-likeness (QED) is 0.833. The Hall–Kier alpha value is -2.44. The summed E-state index contributed by atoms with van der Waals surface area (Å²) in [6.07, 6.45) is 0. The van der Waals surface area contributed by atoms with Crippen molar-refractivity contribution in [2.45, 2.75) is 12.1 Å². The Labute approximate surface area is 158 Å². The van der Waals surface area contributed by atoms with Crippen molar-refractivity contribution in [3.63, 3.8) is 0 Å². The van der Waals surface area contributed by atoms with Crippen molar-refractivity contribution in [3.8, 4) is 5.75 Å². The van der Waals surface area contributed by atoms with E-state index in [2.05, 4.69) is 17.0 Å². The minimum absolute atomic E-state index is 0.0876. The number of hydrogen-bond acceptors (Lipinski definition) is 4. The summed E-state index contributed by atoms with van der Waals surface area (Å²) in [5.41, 5.74) is 1.68. The van der Waals surface area contributed by atoms with Crippen molar-refractivity contribution < 1.29 is 18.7 Å². The molecule has 2 fully saturated rings. The Morgan fingerprint density at radius 1 is 1.15 bits per heavy atom. The third-order valence-electron chi connectivity index (χ3n) is 5.38. The van der Waals surface area contributed by atoms with Crippen LogP contribution in [0.3, 0.4) is 0 Å². The minimum Gasteiger partial charge on any atom is -0.494 e. The van der Waals surface area contributed by atoms with Gasteiger partial charge in [-0.1, -0.05) is 30.3 Å². The number of amides is 1. The van der Waals surface area contributed by atoms with Gasteiger partial charge in [-0.25, -0.2) is 4.39 Å². The smallest absolute Gasteiger partial charge is 0.254 e. The topological polar surface area (TPSA) is 42.0 Å². The Bertz CT molecular complexity index is 814. The molecule has 2 saturated heterocycles. The fourth-order valence-corrected chi connectivity index (χ4v) is 3.96. The van der Waals surface area contributed by atoms with Crippen LogP contribution in [-0.2, 0) is 4.74 Å².